The fraction of sp³-hybridized carbons (Fsp3) is 0.312. The van der Waals surface area contributed by atoms with E-state index in [9.17, 15) is 13.2 Å². The minimum Gasteiger partial charge on any atom is -0.468 e. The van der Waals surface area contributed by atoms with Crippen LogP contribution in [0.25, 0.3) is 0 Å². The van der Waals surface area contributed by atoms with Crippen molar-refractivity contribution in [1.82, 2.24) is 9.62 Å². The Labute approximate surface area is 146 Å². The van der Waals surface area contributed by atoms with Crippen molar-refractivity contribution in [3.63, 3.8) is 0 Å². The molecule has 1 aromatic carbocycles. The number of sulfonamides is 1. The van der Waals surface area contributed by atoms with E-state index in [2.05, 4.69) is 5.32 Å². The van der Waals surface area contributed by atoms with Gasteiger partial charge in [-0.15, -0.1) is 11.3 Å². The molecule has 1 atom stereocenters. The summed E-state index contributed by atoms with van der Waals surface area (Å²) in [5.74, 6) is -0.390. The Kier molecular flexibility index (Phi) is 6.11. The number of carbonyl (C=O) groups is 1. The third-order valence-corrected chi connectivity index (χ3v) is 6.79. The lowest BCUT2D eigenvalue weighted by Crippen LogP contribution is -2.29. The molecule has 0 amide bonds. The minimum atomic E-state index is -3.44. The van der Waals surface area contributed by atoms with Crippen LogP contribution in [-0.4, -0.2) is 39.9 Å². The van der Waals surface area contributed by atoms with Gasteiger partial charge >= 0.3 is 5.97 Å². The SMILES string of the molecule is COC(=O)[C@H](NCc1ccc(S(=O)(=O)N(C)C)s1)c1ccccc1. The number of methoxy groups -OCH3 is 1. The maximum Gasteiger partial charge on any atom is 0.327 e. The van der Waals surface area contributed by atoms with Crippen LogP contribution < -0.4 is 5.32 Å². The quantitative estimate of drug-likeness (QED) is 0.757. The molecule has 2 aromatic rings. The largest absolute Gasteiger partial charge is 0.468 e. The first kappa shape index (κ1) is 18.6. The molecule has 0 aliphatic rings. The van der Waals surface area contributed by atoms with Crippen molar-refractivity contribution in [3.05, 3.63) is 52.9 Å². The van der Waals surface area contributed by atoms with Crippen LogP contribution in [0.3, 0.4) is 0 Å². The molecule has 0 spiro atoms. The molecule has 8 heteroatoms. The van der Waals surface area contributed by atoms with E-state index in [4.69, 9.17) is 4.74 Å². The second-order valence-electron chi connectivity index (χ2n) is 5.26. The fourth-order valence-electron chi connectivity index (χ4n) is 2.08. The van der Waals surface area contributed by atoms with Crippen LogP contribution in [0.4, 0.5) is 0 Å². The summed E-state index contributed by atoms with van der Waals surface area (Å²) in [6.07, 6.45) is 0. The lowest BCUT2D eigenvalue weighted by Gasteiger charge is -2.16. The highest BCUT2D eigenvalue weighted by molar-refractivity contribution is 7.91. The highest BCUT2D eigenvalue weighted by Gasteiger charge is 2.22. The summed E-state index contributed by atoms with van der Waals surface area (Å²) in [4.78, 5) is 12.8. The molecule has 6 nitrogen and oxygen atoms in total. The van der Waals surface area contributed by atoms with E-state index in [-0.39, 0.29) is 10.2 Å². The van der Waals surface area contributed by atoms with E-state index in [1.54, 1.807) is 12.1 Å². The van der Waals surface area contributed by atoms with Crippen molar-refractivity contribution in [2.45, 2.75) is 16.8 Å². The summed E-state index contributed by atoms with van der Waals surface area (Å²) in [5.41, 5.74) is 0.794. The Morgan fingerprint density at radius 3 is 2.46 bits per heavy atom. The van der Waals surface area contributed by atoms with Crippen LogP contribution in [0.2, 0.25) is 0 Å². The Morgan fingerprint density at radius 2 is 1.88 bits per heavy atom. The van der Waals surface area contributed by atoms with Crippen molar-refractivity contribution < 1.29 is 17.9 Å². The average Bonchev–Trinajstić information content (AvgIpc) is 3.05. The summed E-state index contributed by atoms with van der Waals surface area (Å²) in [6, 6.07) is 12.0. The molecular formula is C16H20N2O4S2. The van der Waals surface area contributed by atoms with E-state index in [0.29, 0.717) is 6.54 Å². The number of thiophene rings is 1. The number of hydrogen-bond donors (Lipinski definition) is 1. The zero-order valence-corrected chi connectivity index (χ0v) is 15.4. The normalized spacial score (nSPS) is 13.0. The van der Waals surface area contributed by atoms with Gasteiger partial charge in [0.2, 0.25) is 0 Å². The Bertz CT molecular complexity index is 785. The molecule has 0 saturated carbocycles. The average molecular weight is 368 g/mol. The minimum absolute atomic E-state index is 0.277. The first-order chi connectivity index (χ1) is 11.4. The molecule has 130 valence electrons. The highest BCUT2D eigenvalue weighted by atomic mass is 32.2. The smallest absolute Gasteiger partial charge is 0.327 e. The molecule has 1 heterocycles. The summed E-state index contributed by atoms with van der Waals surface area (Å²) in [6.45, 7) is 0.363. The van der Waals surface area contributed by atoms with Crippen LogP contribution in [-0.2, 0) is 26.1 Å². The van der Waals surface area contributed by atoms with Gasteiger partial charge in [0.25, 0.3) is 10.0 Å². The second kappa shape index (κ2) is 7.89. The Morgan fingerprint density at radius 1 is 1.21 bits per heavy atom. The van der Waals surface area contributed by atoms with Gasteiger partial charge in [-0.25, -0.2) is 17.5 Å². The molecule has 0 aliphatic heterocycles. The van der Waals surface area contributed by atoms with Gasteiger partial charge < -0.3 is 4.74 Å². The molecule has 2 rings (SSSR count). The maximum atomic E-state index is 12.1. The van der Waals surface area contributed by atoms with Crippen molar-refractivity contribution in [1.29, 1.82) is 0 Å². The molecule has 0 bridgehead atoms. The fourth-order valence-corrected chi connectivity index (χ4v) is 4.55. The van der Waals surface area contributed by atoms with Gasteiger partial charge in [0, 0.05) is 25.5 Å². The van der Waals surface area contributed by atoms with Gasteiger partial charge in [0.1, 0.15) is 10.3 Å². The molecular weight excluding hydrogens is 348 g/mol. The molecule has 0 fully saturated rings. The molecule has 0 radical (unpaired) electrons. The second-order valence-corrected chi connectivity index (χ2v) is 8.80. The Balaban J connectivity index is 2.13. The number of esters is 1. The first-order valence-electron chi connectivity index (χ1n) is 7.23. The van der Waals surface area contributed by atoms with E-state index in [0.717, 1.165) is 10.4 Å². The van der Waals surface area contributed by atoms with Crippen molar-refractivity contribution in [3.8, 4) is 0 Å². The van der Waals surface area contributed by atoms with Crippen LogP contribution in [0.1, 0.15) is 16.5 Å². The lowest BCUT2D eigenvalue weighted by molar-refractivity contribution is -0.143. The van der Waals surface area contributed by atoms with E-state index >= 15 is 0 Å². The van der Waals surface area contributed by atoms with Gasteiger partial charge in [-0.1, -0.05) is 30.3 Å². The number of benzene rings is 1. The van der Waals surface area contributed by atoms with Crippen molar-refractivity contribution in [2.24, 2.45) is 0 Å². The molecule has 1 aromatic heterocycles. The molecule has 0 unspecified atom stereocenters. The maximum absolute atomic E-state index is 12.1. The van der Waals surface area contributed by atoms with Gasteiger partial charge in [-0.05, 0) is 17.7 Å². The van der Waals surface area contributed by atoms with E-state index in [1.165, 1.54) is 36.8 Å². The van der Waals surface area contributed by atoms with E-state index < -0.39 is 16.1 Å². The summed E-state index contributed by atoms with van der Waals surface area (Å²) in [7, 11) is 0.896. The third kappa shape index (κ3) is 4.21. The predicted molar refractivity (Wildman–Crippen MR) is 93.2 cm³/mol. The number of carbonyl (C=O) groups excluding carboxylic acids is 1. The monoisotopic (exact) mass is 368 g/mol. The van der Waals surface area contributed by atoms with Crippen LogP contribution in [0.15, 0.2) is 46.7 Å². The zero-order chi connectivity index (χ0) is 17.7. The van der Waals surface area contributed by atoms with Gasteiger partial charge in [0.05, 0.1) is 7.11 Å². The van der Waals surface area contributed by atoms with E-state index in [1.807, 2.05) is 30.3 Å². The standard InChI is InChI=1S/C16H20N2O4S2/c1-18(2)24(20,21)14-10-9-13(23-14)11-17-15(16(19)22-3)12-7-5-4-6-8-12/h4-10,15,17H,11H2,1-3H3/t15-/m1/s1. The topological polar surface area (TPSA) is 75.7 Å². The van der Waals surface area contributed by atoms with Crippen LogP contribution in [0.5, 0.6) is 0 Å². The van der Waals surface area contributed by atoms with Gasteiger partial charge in [-0.2, -0.15) is 0 Å². The third-order valence-electron chi connectivity index (χ3n) is 3.42. The summed E-state index contributed by atoms with van der Waals surface area (Å²) >= 11 is 1.18. The predicted octanol–water partition coefficient (Wildman–Crippen LogP) is 2.00. The number of rotatable bonds is 7. The first-order valence-corrected chi connectivity index (χ1v) is 9.49. The van der Waals surface area contributed by atoms with Gasteiger partial charge in [-0.3, -0.25) is 5.32 Å². The zero-order valence-electron chi connectivity index (χ0n) is 13.7. The molecule has 24 heavy (non-hydrogen) atoms. The highest BCUT2D eigenvalue weighted by Crippen LogP contribution is 2.24. The summed E-state index contributed by atoms with van der Waals surface area (Å²) < 4.78 is 30.5. The number of nitrogens with zero attached hydrogens (tertiary/aromatic N) is 1. The number of nitrogens with one attached hydrogen (secondary N) is 1. The molecule has 0 aliphatic carbocycles. The molecule has 1 N–H and O–H groups in total. The van der Waals surface area contributed by atoms with Gasteiger partial charge in [0.15, 0.2) is 0 Å². The Hall–Kier alpha value is -1.74. The number of hydrogen-bond acceptors (Lipinski definition) is 6. The molecule has 0 saturated heterocycles. The van der Waals surface area contributed by atoms with Crippen molar-refractivity contribution in [2.75, 3.05) is 21.2 Å². The van der Waals surface area contributed by atoms with Crippen LogP contribution >= 0.6 is 11.3 Å². The lowest BCUT2D eigenvalue weighted by atomic mass is 10.1. The van der Waals surface area contributed by atoms with Crippen LogP contribution in [0, 0.1) is 0 Å². The van der Waals surface area contributed by atoms with Crippen molar-refractivity contribution >= 4 is 27.3 Å². The number of ether oxygens (including phenoxy) is 1. The summed E-state index contributed by atoms with van der Waals surface area (Å²) in [5, 5.41) is 3.12.